The van der Waals surface area contributed by atoms with Crippen LogP contribution in [0.4, 0.5) is 0 Å². The number of ether oxygens (including phenoxy) is 2. The number of rotatable bonds is 19. The molecule has 2 aliphatic heterocycles. The van der Waals surface area contributed by atoms with Gasteiger partial charge >= 0.3 is 0 Å². The Morgan fingerprint density at radius 3 is 2.46 bits per heavy atom. The number of likely N-dealkylation sites (tertiary alicyclic amines) is 2. The van der Waals surface area contributed by atoms with E-state index in [0.717, 1.165) is 32.1 Å². The van der Waals surface area contributed by atoms with Crippen molar-refractivity contribution >= 4 is 23.6 Å². The Balaban J connectivity index is 1.66. The number of nitrogens with one attached hydrogen (secondary N) is 2. The first kappa shape index (κ1) is 37.8. The average molecular weight is 653 g/mol. The van der Waals surface area contributed by atoms with Gasteiger partial charge in [-0.3, -0.25) is 24.1 Å². The van der Waals surface area contributed by atoms with Crippen LogP contribution in [0.15, 0.2) is 5.18 Å². The molecule has 9 unspecified atom stereocenters. The molecule has 0 aromatic rings. The van der Waals surface area contributed by atoms with Crippen LogP contribution in [0.1, 0.15) is 65.7 Å². The number of carbonyl (C=O) groups excluding carboxylic acids is 4. The summed E-state index contributed by atoms with van der Waals surface area (Å²) in [6.45, 7) is 6.70. The van der Waals surface area contributed by atoms with E-state index in [2.05, 4.69) is 20.7 Å². The average Bonchev–Trinajstić information content (AvgIpc) is 3.82. The van der Waals surface area contributed by atoms with E-state index in [1.807, 2.05) is 13.8 Å². The minimum Gasteiger partial charge on any atom is -0.395 e. The molecule has 262 valence electrons. The van der Waals surface area contributed by atoms with E-state index in [1.54, 1.807) is 23.8 Å². The fourth-order valence-electron chi connectivity index (χ4n) is 7.98. The number of methoxy groups -OCH3 is 2. The molecule has 2 heterocycles. The third kappa shape index (κ3) is 8.81. The van der Waals surface area contributed by atoms with E-state index >= 15 is 0 Å². The maximum Gasteiger partial charge on any atom is 0.242 e. The number of nitrogens with zero attached hydrogens (tertiary/aromatic N) is 4. The van der Waals surface area contributed by atoms with Gasteiger partial charge in [-0.2, -0.15) is 4.91 Å². The fourth-order valence-corrected chi connectivity index (χ4v) is 7.98. The summed E-state index contributed by atoms with van der Waals surface area (Å²) in [5, 5.41) is 17.6. The van der Waals surface area contributed by atoms with Crippen LogP contribution in [0.25, 0.3) is 0 Å². The normalized spacial score (nSPS) is 25.8. The summed E-state index contributed by atoms with van der Waals surface area (Å²) in [7, 11) is 4.76. The molecule has 46 heavy (non-hydrogen) atoms. The Labute approximate surface area is 273 Å². The van der Waals surface area contributed by atoms with Gasteiger partial charge in [-0.15, -0.1) is 0 Å². The zero-order valence-corrected chi connectivity index (χ0v) is 28.5. The van der Waals surface area contributed by atoms with Crippen molar-refractivity contribution in [2.24, 2.45) is 22.9 Å². The second-order valence-corrected chi connectivity index (χ2v) is 13.1. The lowest BCUT2D eigenvalue weighted by molar-refractivity contribution is -0.146. The van der Waals surface area contributed by atoms with Crippen molar-refractivity contribution in [2.75, 3.05) is 60.6 Å². The number of aliphatic hydroxyl groups excluding tert-OH is 1. The quantitative estimate of drug-likeness (QED) is 0.171. The molecule has 2 bridgehead atoms. The number of amides is 4. The highest BCUT2D eigenvalue weighted by Crippen LogP contribution is 2.42. The standard InChI is InChI=1S/C32H56N6O8/c1-7-20(2)28(36(4)27(41)19-34-32(43)29-22-10-11-23(17-22)37(29)15-12-35-44)25(45-5)18-26(40)38-14-8-9-24(38)30(46-6)21(3)31(42)33-13-16-39/h20-25,28-30,39H,7-19H2,1-6H3,(H,33,42)(H,34,43). The molecule has 14 nitrogen and oxygen atoms in total. The van der Waals surface area contributed by atoms with Gasteiger partial charge in [0, 0.05) is 46.9 Å². The second-order valence-electron chi connectivity index (χ2n) is 13.1. The van der Waals surface area contributed by atoms with Crippen molar-refractivity contribution in [1.29, 1.82) is 0 Å². The van der Waals surface area contributed by atoms with Crippen LogP contribution in [0.3, 0.4) is 0 Å². The van der Waals surface area contributed by atoms with Crippen LogP contribution in [-0.2, 0) is 28.7 Å². The molecule has 14 heteroatoms. The van der Waals surface area contributed by atoms with E-state index < -0.39 is 24.2 Å². The highest BCUT2D eigenvalue weighted by atomic mass is 16.5. The Kier molecular flexibility index (Phi) is 14.8. The molecule has 3 aliphatic rings. The first-order chi connectivity index (χ1) is 22.0. The molecule has 0 aromatic carbocycles. The van der Waals surface area contributed by atoms with E-state index in [1.165, 1.54) is 14.2 Å². The fraction of sp³-hybridized carbons (Fsp3) is 0.875. The molecule has 1 aliphatic carbocycles. The van der Waals surface area contributed by atoms with Crippen molar-refractivity contribution in [3.8, 4) is 0 Å². The van der Waals surface area contributed by atoms with Crippen LogP contribution in [0.2, 0.25) is 0 Å². The highest BCUT2D eigenvalue weighted by Gasteiger charge is 2.49. The van der Waals surface area contributed by atoms with E-state index in [9.17, 15) is 24.1 Å². The van der Waals surface area contributed by atoms with Crippen molar-refractivity contribution < 1.29 is 33.8 Å². The van der Waals surface area contributed by atoms with Crippen molar-refractivity contribution in [1.82, 2.24) is 25.3 Å². The third-order valence-corrected chi connectivity index (χ3v) is 10.6. The van der Waals surface area contributed by atoms with E-state index in [4.69, 9.17) is 14.6 Å². The highest BCUT2D eigenvalue weighted by molar-refractivity contribution is 5.88. The third-order valence-electron chi connectivity index (χ3n) is 10.6. The number of hydrogen-bond donors (Lipinski definition) is 3. The number of hydrogen-bond acceptors (Lipinski definition) is 10. The maximum atomic E-state index is 13.8. The first-order valence-corrected chi connectivity index (χ1v) is 16.9. The number of aliphatic hydroxyl groups is 1. The summed E-state index contributed by atoms with van der Waals surface area (Å²) < 4.78 is 11.6. The molecule has 0 spiro atoms. The molecule has 0 radical (unpaired) electrons. The topological polar surface area (TPSA) is 170 Å². The molecule has 0 aromatic heterocycles. The monoisotopic (exact) mass is 652 g/mol. The summed E-state index contributed by atoms with van der Waals surface area (Å²) >= 11 is 0. The minimum atomic E-state index is -0.600. The van der Waals surface area contributed by atoms with Crippen LogP contribution < -0.4 is 10.6 Å². The van der Waals surface area contributed by atoms with Crippen molar-refractivity contribution in [3.63, 3.8) is 0 Å². The zero-order valence-electron chi connectivity index (χ0n) is 28.5. The van der Waals surface area contributed by atoms with Gasteiger partial charge in [0.2, 0.25) is 23.6 Å². The largest absolute Gasteiger partial charge is 0.395 e. The van der Waals surface area contributed by atoms with Gasteiger partial charge in [-0.25, -0.2) is 0 Å². The Bertz CT molecular complexity index is 1050. The van der Waals surface area contributed by atoms with Gasteiger partial charge in [-0.1, -0.05) is 32.4 Å². The molecule has 1 saturated carbocycles. The number of fused-ring (bicyclic) bond motifs is 2. The van der Waals surface area contributed by atoms with Crippen LogP contribution in [0.5, 0.6) is 0 Å². The lowest BCUT2D eigenvalue weighted by Crippen LogP contribution is -2.55. The summed E-state index contributed by atoms with van der Waals surface area (Å²) in [5.41, 5.74) is 0. The van der Waals surface area contributed by atoms with Crippen LogP contribution in [-0.4, -0.2) is 140 Å². The lowest BCUT2D eigenvalue weighted by Gasteiger charge is -2.39. The summed E-state index contributed by atoms with van der Waals surface area (Å²) in [4.78, 5) is 69.4. The number of carbonyl (C=O) groups is 4. The SMILES string of the molecule is CCC(C)C(C(CC(=O)N1CCCC1C(OC)C(C)C(=O)NCCO)OC)N(C)C(=O)CNC(=O)C1C2CCC(C2)N1CCN=O. The first-order valence-electron chi connectivity index (χ1n) is 16.9. The van der Waals surface area contributed by atoms with Gasteiger partial charge < -0.3 is 35.0 Å². The maximum absolute atomic E-state index is 13.8. The smallest absolute Gasteiger partial charge is 0.242 e. The number of likely N-dealkylation sites (N-methyl/N-ethyl adjacent to an activating group) is 1. The Morgan fingerprint density at radius 1 is 1.09 bits per heavy atom. The molecular formula is C32H56N6O8. The zero-order chi connectivity index (χ0) is 34.0. The van der Waals surface area contributed by atoms with Crippen molar-refractivity contribution in [3.05, 3.63) is 4.91 Å². The summed E-state index contributed by atoms with van der Waals surface area (Å²) in [6.07, 6.45) is 4.01. The lowest BCUT2D eigenvalue weighted by atomic mass is 9.90. The predicted molar refractivity (Wildman–Crippen MR) is 172 cm³/mol. The Hall–Kier alpha value is -2.68. The molecule has 3 rings (SSSR count). The molecule has 9 atom stereocenters. The molecule has 3 fully saturated rings. The summed E-state index contributed by atoms with van der Waals surface area (Å²) in [6, 6.07) is -0.810. The van der Waals surface area contributed by atoms with Gasteiger partial charge in [-0.05, 0) is 43.9 Å². The van der Waals surface area contributed by atoms with Crippen LogP contribution in [0, 0.1) is 22.7 Å². The van der Waals surface area contributed by atoms with Crippen LogP contribution >= 0.6 is 0 Å². The molecule has 4 amide bonds. The summed E-state index contributed by atoms with van der Waals surface area (Å²) in [5.74, 6) is -1.19. The van der Waals surface area contributed by atoms with Gasteiger partial charge in [0.25, 0.3) is 0 Å². The second kappa shape index (κ2) is 18.0. The van der Waals surface area contributed by atoms with Crippen molar-refractivity contribution in [2.45, 2.75) is 102 Å². The Morgan fingerprint density at radius 2 is 1.83 bits per heavy atom. The van der Waals surface area contributed by atoms with Gasteiger partial charge in [0.05, 0.1) is 62.4 Å². The number of nitroso groups, excluding NO2 is 1. The predicted octanol–water partition coefficient (Wildman–Crippen LogP) is 0.751. The molecular weight excluding hydrogens is 596 g/mol. The van der Waals surface area contributed by atoms with Gasteiger partial charge in [0.1, 0.15) is 0 Å². The molecule has 3 N–H and O–H groups in total. The minimum absolute atomic E-state index is 0.00403. The van der Waals surface area contributed by atoms with Gasteiger partial charge in [0.15, 0.2) is 0 Å². The van der Waals surface area contributed by atoms with E-state index in [0.29, 0.717) is 19.5 Å². The van der Waals surface area contributed by atoms with E-state index in [-0.39, 0.29) is 86.3 Å². The molecule has 2 saturated heterocycles. The number of piperidine rings is 1.